The Hall–Kier alpha value is -0.220. The van der Waals surface area contributed by atoms with Crippen LogP contribution < -0.4 is 5.73 Å². The number of carbonyl (C=O) groups is 1. The Morgan fingerprint density at radius 3 is 2.42 bits per heavy atom. The summed E-state index contributed by atoms with van der Waals surface area (Å²) in [6.07, 6.45) is 2.07. The zero-order chi connectivity index (χ0) is 9.72. The van der Waals surface area contributed by atoms with Gasteiger partial charge in [0.25, 0.3) is 0 Å². The maximum atomic E-state index is 10.3. The smallest absolute Gasteiger partial charge is 0.304 e. The van der Waals surface area contributed by atoms with E-state index < -0.39 is 5.97 Å². The third-order valence-electron chi connectivity index (χ3n) is 2.20. The van der Waals surface area contributed by atoms with Gasteiger partial charge in [-0.2, -0.15) is 11.8 Å². The second kappa shape index (κ2) is 5.43. The van der Waals surface area contributed by atoms with Gasteiger partial charge in [-0.15, -0.1) is 0 Å². The standard InChI is InChI=1S/C8H17NO2S/c1-5(6(2)12-3)7(9)4-8(10)11/h5-7H,4,9H2,1-3H3,(H,10,11)/t5-,6+,7-/m1/s1. The fraction of sp³-hybridized carbons (Fsp3) is 0.875. The quantitative estimate of drug-likeness (QED) is 0.685. The van der Waals surface area contributed by atoms with Gasteiger partial charge in [0.15, 0.2) is 0 Å². The van der Waals surface area contributed by atoms with Gasteiger partial charge in [0, 0.05) is 11.3 Å². The van der Waals surface area contributed by atoms with Crippen LogP contribution in [0.1, 0.15) is 20.3 Å². The van der Waals surface area contributed by atoms with Gasteiger partial charge in [0.2, 0.25) is 0 Å². The molecule has 0 unspecified atom stereocenters. The zero-order valence-electron chi connectivity index (χ0n) is 7.78. The minimum atomic E-state index is -0.817. The van der Waals surface area contributed by atoms with Crippen molar-refractivity contribution in [3.05, 3.63) is 0 Å². The molecule has 0 bridgehead atoms. The first-order valence-corrected chi connectivity index (χ1v) is 5.28. The number of aliphatic carboxylic acids is 1. The molecule has 0 fully saturated rings. The molecular weight excluding hydrogens is 174 g/mol. The highest BCUT2D eigenvalue weighted by molar-refractivity contribution is 7.99. The van der Waals surface area contributed by atoms with E-state index in [0.717, 1.165) is 0 Å². The highest BCUT2D eigenvalue weighted by Gasteiger charge is 2.20. The molecule has 0 aliphatic heterocycles. The fourth-order valence-electron chi connectivity index (χ4n) is 0.950. The molecule has 72 valence electrons. The molecule has 4 heteroatoms. The van der Waals surface area contributed by atoms with Crippen molar-refractivity contribution in [1.29, 1.82) is 0 Å². The Morgan fingerprint density at radius 1 is 1.58 bits per heavy atom. The Balaban J connectivity index is 3.91. The Morgan fingerprint density at radius 2 is 2.08 bits per heavy atom. The fourth-order valence-corrected chi connectivity index (χ4v) is 1.58. The molecule has 0 aliphatic rings. The van der Waals surface area contributed by atoms with Gasteiger partial charge in [-0.25, -0.2) is 0 Å². The summed E-state index contributed by atoms with van der Waals surface area (Å²) in [7, 11) is 0. The lowest BCUT2D eigenvalue weighted by molar-refractivity contribution is -0.137. The summed E-state index contributed by atoms with van der Waals surface area (Å²) in [5, 5.41) is 8.92. The largest absolute Gasteiger partial charge is 0.481 e. The summed E-state index contributed by atoms with van der Waals surface area (Å²) in [6.45, 7) is 4.06. The van der Waals surface area contributed by atoms with E-state index in [2.05, 4.69) is 6.92 Å². The number of carboxylic acid groups (broad SMARTS) is 1. The van der Waals surface area contributed by atoms with Gasteiger partial charge in [-0.3, -0.25) is 4.79 Å². The van der Waals surface area contributed by atoms with Crippen molar-refractivity contribution >= 4 is 17.7 Å². The Kier molecular flexibility index (Phi) is 5.33. The van der Waals surface area contributed by atoms with Gasteiger partial charge in [0.1, 0.15) is 0 Å². The van der Waals surface area contributed by atoms with Gasteiger partial charge in [0.05, 0.1) is 6.42 Å². The number of nitrogens with two attached hydrogens (primary N) is 1. The predicted molar refractivity (Wildman–Crippen MR) is 52.4 cm³/mol. The lowest BCUT2D eigenvalue weighted by atomic mass is 9.97. The maximum absolute atomic E-state index is 10.3. The van der Waals surface area contributed by atoms with Crippen LogP contribution in [0.15, 0.2) is 0 Å². The van der Waals surface area contributed by atoms with Crippen molar-refractivity contribution in [3.63, 3.8) is 0 Å². The van der Waals surface area contributed by atoms with E-state index in [1.54, 1.807) is 11.8 Å². The highest BCUT2D eigenvalue weighted by atomic mass is 32.2. The molecule has 3 atom stereocenters. The summed E-state index contributed by atoms with van der Waals surface area (Å²) in [5.41, 5.74) is 5.70. The van der Waals surface area contributed by atoms with Crippen LogP contribution in [-0.2, 0) is 4.79 Å². The van der Waals surface area contributed by atoms with Gasteiger partial charge >= 0.3 is 5.97 Å². The molecule has 0 aliphatic carbocycles. The van der Waals surface area contributed by atoms with E-state index in [1.807, 2.05) is 13.2 Å². The topological polar surface area (TPSA) is 63.3 Å². The lowest BCUT2D eigenvalue weighted by Gasteiger charge is -2.23. The monoisotopic (exact) mass is 191 g/mol. The first kappa shape index (κ1) is 11.8. The molecule has 0 rings (SSSR count). The van der Waals surface area contributed by atoms with Crippen LogP contribution in [0, 0.1) is 5.92 Å². The van der Waals surface area contributed by atoms with E-state index in [-0.39, 0.29) is 18.4 Å². The van der Waals surface area contributed by atoms with E-state index in [4.69, 9.17) is 10.8 Å². The van der Waals surface area contributed by atoms with Crippen LogP contribution in [0.5, 0.6) is 0 Å². The SMILES string of the molecule is CS[C@@H](C)[C@@H](C)[C@H](N)CC(=O)O. The minimum Gasteiger partial charge on any atom is -0.481 e. The van der Waals surface area contributed by atoms with Gasteiger partial charge in [-0.05, 0) is 12.2 Å². The molecule has 0 heterocycles. The third kappa shape index (κ3) is 3.97. The molecule has 3 N–H and O–H groups in total. The first-order valence-electron chi connectivity index (χ1n) is 3.99. The van der Waals surface area contributed by atoms with E-state index in [9.17, 15) is 4.79 Å². The molecule has 0 aromatic heterocycles. The van der Waals surface area contributed by atoms with Crippen LogP contribution in [0.4, 0.5) is 0 Å². The second-order valence-corrected chi connectivity index (χ2v) is 4.28. The summed E-state index contributed by atoms with van der Waals surface area (Å²) in [5.74, 6) is -0.571. The normalized spacial score (nSPS) is 18.3. The molecule has 0 spiro atoms. The van der Waals surface area contributed by atoms with Gasteiger partial charge < -0.3 is 10.8 Å². The summed E-state index contributed by atoms with van der Waals surface area (Å²) >= 11 is 1.72. The van der Waals surface area contributed by atoms with E-state index in [1.165, 1.54) is 0 Å². The molecule has 12 heavy (non-hydrogen) atoms. The lowest BCUT2D eigenvalue weighted by Crippen LogP contribution is -2.35. The maximum Gasteiger partial charge on any atom is 0.304 e. The van der Waals surface area contributed by atoms with Crippen LogP contribution >= 0.6 is 11.8 Å². The summed E-state index contributed by atoms with van der Waals surface area (Å²) in [6, 6.07) is -0.232. The molecule has 0 saturated carbocycles. The average molecular weight is 191 g/mol. The molecular formula is C8H17NO2S. The Bertz CT molecular complexity index is 152. The van der Waals surface area contributed by atoms with Crippen molar-refractivity contribution in [1.82, 2.24) is 0 Å². The number of hydrogen-bond donors (Lipinski definition) is 2. The summed E-state index contributed by atoms with van der Waals surface area (Å²) < 4.78 is 0. The molecule has 0 radical (unpaired) electrons. The number of thioether (sulfide) groups is 1. The highest BCUT2D eigenvalue weighted by Crippen LogP contribution is 2.19. The number of rotatable bonds is 5. The minimum absolute atomic E-state index is 0.0616. The molecule has 0 aromatic rings. The van der Waals surface area contributed by atoms with Crippen molar-refractivity contribution in [2.45, 2.75) is 31.6 Å². The van der Waals surface area contributed by atoms with Crippen molar-refractivity contribution < 1.29 is 9.90 Å². The molecule has 0 aromatic carbocycles. The zero-order valence-corrected chi connectivity index (χ0v) is 8.60. The van der Waals surface area contributed by atoms with Crippen LogP contribution in [0.2, 0.25) is 0 Å². The Labute approximate surface area is 77.7 Å². The van der Waals surface area contributed by atoms with Crippen LogP contribution in [-0.4, -0.2) is 28.6 Å². The average Bonchev–Trinajstić information content (AvgIpc) is 2.00. The summed E-state index contributed by atoms with van der Waals surface area (Å²) in [4.78, 5) is 10.3. The van der Waals surface area contributed by atoms with Gasteiger partial charge in [-0.1, -0.05) is 13.8 Å². The van der Waals surface area contributed by atoms with E-state index in [0.29, 0.717) is 5.25 Å². The van der Waals surface area contributed by atoms with Crippen molar-refractivity contribution in [2.24, 2.45) is 11.7 Å². The van der Waals surface area contributed by atoms with Crippen molar-refractivity contribution in [3.8, 4) is 0 Å². The van der Waals surface area contributed by atoms with Crippen LogP contribution in [0.25, 0.3) is 0 Å². The second-order valence-electron chi connectivity index (χ2n) is 3.06. The first-order chi connectivity index (χ1) is 5.49. The molecule has 0 saturated heterocycles. The number of carboxylic acids is 1. The van der Waals surface area contributed by atoms with E-state index >= 15 is 0 Å². The molecule has 3 nitrogen and oxygen atoms in total. The van der Waals surface area contributed by atoms with Crippen molar-refractivity contribution in [2.75, 3.05) is 6.26 Å². The third-order valence-corrected chi connectivity index (χ3v) is 3.37. The predicted octanol–water partition coefficient (Wildman–Crippen LogP) is 1.18. The molecule has 0 amide bonds. The van der Waals surface area contributed by atoms with Crippen LogP contribution in [0.3, 0.4) is 0 Å². The number of hydrogen-bond acceptors (Lipinski definition) is 3.